The average molecular weight is 234 g/mol. The molecule has 0 spiro atoms. The molecule has 1 atom stereocenters. The lowest BCUT2D eigenvalue weighted by Gasteiger charge is -2.22. The third kappa shape index (κ3) is 1.88. The maximum absolute atomic E-state index is 4.81. The molecule has 1 aromatic rings. The van der Waals surface area contributed by atoms with Crippen molar-refractivity contribution in [2.24, 2.45) is 0 Å². The molecule has 2 fully saturated rings. The normalized spacial score (nSPS) is 30.2. The molecule has 17 heavy (non-hydrogen) atoms. The van der Waals surface area contributed by atoms with Crippen molar-refractivity contribution < 1.29 is 0 Å². The van der Waals surface area contributed by atoms with Crippen LogP contribution in [0.15, 0.2) is 0 Å². The Bertz CT molecular complexity index is 373. The second-order valence-electron chi connectivity index (χ2n) is 5.59. The van der Waals surface area contributed by atoms with E-state index in [0.717, 1.165) is 31.2 Å². The molecule has 0 bridgehead atoms. The van der Waals surface area contributed by atoms with E-state index < -0.39 is 0 Å². The zero-order chi connectivity index (χ0) is 11.7. The smallest absolute Gasteiger partial charge is 0.158 e. The van der Waals surface area contributed by atoms with E-state index in [9.17, 15) is 0 Å². The molecule has 1 saturated carbocycles. The van der Waals surface area contributed by atoms with Gasteiger partial charge in [-0.1, -0.05) is 19.8 Å². The summed E-state index contributed by atoms with van der Waals surface area (Å²) in [5, 5.41) is 11.2. The van der Waals surface area contributed by atoms with Gasteiger partial charge >= 0.3 is 0 Å². The molecular weight excluding hydrogens is 212 g/mol. The molecule has 94 valence electrons. The predicted octanol–water partition coefficient (Wildman–Crippen LogP) is 2.10. The van der Waals surface area contributed by atoms with Crippen molar-refractivity contribution in [2.45, 2.75) is 56.8 Å². The van der Waals surface area contributed by atoms with Crippen LogP contribution in [0.1, 0.15) is 63.0 Å². The van der Waals surface area contributed by atoms with Gasteiger partial charge < -0.3 is 5.32 Å². The highest BCUT2D eigenvalue weighted by Gasteiger charge is 2.38. The van der Waals surface area contributed by atoms with Crippen LogP contribution in [-0.4, -0.2) is 28.3 Å². The molecule has 0 radical (unpaired) electrons. The largest absolute Gasteiger partial charge is 0.316 e. The van der Waals surface area contributed by atoms with E-state index in [0.29, 0.717) is 5.92 Å². The first-order chi connectivity index (χ1) is 8.34. The maximum atomic E-state index is 4.81. The number of hydrogen-bond acceptors (Lipinski definition) is 3. The monoisotopic (exact) mass is 234 g/mol. The molecule has 1 aliphatic carbocycles. The van der Waals surface area contributed by atoms with Crippen molar-refractivity contribution in [3.63, 3.8) is 0 Å². The lowest BCUT2D eigenvalue weighted by molar-refractivity contribution is 0.426. The molecule has 2 heterocycles. The summed E-state index contributed by atoms with van der Waals surface area (Å²) < 4.78 is 0. The Morgan fingerprint density at radius 3 is 2.82 bits per heavy atom. The second-order valence-corrected chi connectivity index (χ2v) is 5.59. The van der Waals surface area contributed by atoms with Crippen LogP contribution in [0.4, 0.5) is 0 Å². The fraction of sp³-hybridized carbons (Fsp3) is 0.846. The van der Waals surface area contributed by atoms with E-state index in [-0.39, 0.29) is 5.41 Å². The summed E-state index contributed by atoms with van der Waals surface area (Å²) in [7, 11) is 0. The molecule has 1 aromatic heterocycles. The number of nitrogens with zero attached hydrogens (tertiary/aromatic N) is 2. The molecular formula is C13H22N4. The molecule has 2 aliphatic rings. The Balaban J connectivity index is 1.83. The van der Waals surface area contributed by atoms with Gasteiger partial charge in [-0.05, 0) is 32.2 Å². The number of hydrogen-bond donors (Lipinski definition) is 2. The Kier molecular flexibility index (Phi) is 2.90. The quantitative estimate of drug-likeness (QED) is 0.842. The van der Waals surface area contributed by atoms with Gasteiger partial charge in [0.2, 0.25) is 0 Å². The topological polar surface area (TPSA) is 53.6 Å². The Morgan fingerprint density at radius 2 is 2.18 bits per heavy atom. The van der Waals surface area contributed by atoms with Gasteiger partial charge in [0.05, 0.1) is 0 Å². The summed E-state index contributed by atoms with van der Waals surface area (Å²) in [6.45, 7) is 4.38. The molecule has 1 saturated heterocycles. The first-order valence-electron chi connectivity index (χ1n) is 6.97. The van der Waals surface area contributed by atoms with Gasteiger partial charge in [0, 0.05) is 17.9 Å². The minimum absolute atomic E-state index is 0.188. The number of nitrogens with one attached hydrogen (secondary N) is 2. The van der Waals surface area contributed by atoms with Gasteiger partial charge in [-0.2, -0.15) is 5.10 Å². The highest BCUT2D eigenvalue weighted by Crippen LogP contribution is 2.35. The molecule has 1 unspecified atom stereocenters. The fourth-order valence-electron chi connectivity index (χ4n) is 3.29. The highest BCUT2D eigenvalue weighted by atomic mass is 15.2. The van der Waals surface area contributed by atoms with E-state index in [1.165, 1.54) is 32.1 Å². The summed E-state index contributed by atoms with van der Waals surface area (Å²) in [4.78, 5) is 4.81. The molecule has 0 amide bonds. The van der Waals surface area contributed by atoms with Gasteiger partial charge in [0.15, 0.2) is 5.82 Å². The van der Waals surface area contributed by atoms with Crippen molar-refractivity contribution in [3.8, 4) is 0 Å². The fourth-order valence-corrected chi connectivity index (χ4v) is 3.29. The van der Waals surface area contributed by atoms with Crippen LogP contribution in [0.5, 0.6) is 0 Å². The van der Waals surface area contributed by atoms with E-state index in [1.807, 2.05) is 0 Å². The van der Waals surface area contributed by atoms with Crippen LogP contribution in [0.2, 0.25) is 0 Å². The highest BCUT2D eigenvalue weighted by molar-refractivity contribution is 5.13. The Hall–Kier alpha value is -0.900. The first-order valence-corrected chi connectivity index (χ1v) is 6.97. The van der Waals surface area contributed by atoms with Crippen LogP contribution in [0, 0.1) is 0 Å². The van der Waals surface area contributed by atoms with Crippen molar-refractivity contribution in [2.75, 3.05) is 13.1 Å². The van der Waals surface area contributed by atoms with E-state index >= 15 is 0 Å². The van der Waals surface area contributed by atoms with Crippen LogP contribution >= 0.6 is 0 Å². The van der Waals surface area contributed by atoms with Crippen molar-refractivity contribution in [1.29, 1.82) is 0 Å². The van der Waals surface area contributed by atoms with Crippen molar-refractivity contribution in [1.82, 2.24) is 20.5 Å². The number of aromatic nitrogens is 3. The summed E-state index contributed by atoms with van der Waals surface area (Å²) >= 11 is 0. The lowest BCUT2D eigenvalue weighted by atomic mass is 9.83. The van der Waals surface area contributed by atoms with Crippen molar-refractivity contribution in [3.05, 3.63) is 11.6 Å². The van der Waals surface area contributed by atoms with E-state index in [4.69, 9.17) is 4.98 Å². The van der Waals surface area contributed by atoms with Crippen LogP contribution in [0.3, 0.4) is 0 Å². The summed E-state index contributed by atoms with van der Waals surface area (Å²) in [5.41, 5.74) is 0.188. The Morgan fingerprint density at radius 1 is 1.35 bits per heavy atom. The van der Waals surface area contributed by atoms with Crippen molar-refractivity contribution >= 4 is 0 Å². The van der Waals surface area contributed by atoms with E-state index in [2.05, 4.69) is 22.4 Å². The SMILES string of the molecule is CCC1(c2n[nH]c(C3CCCC3)n2)CCNC1. The minimum atomic E-state index is 0.188. The third-order valence-corrected chi connectivity index (χ3v) is 4.64. The number of H-pyrrole nitrogens is 1. The minimum Gasteiger partial charge on any atom is -0.316 e. The standard InChI is InChI=1S/C13H22N4/c1-2-13(7-8-14-9-13)12-15-11(16-17-12)10-5-3-4-6-10/h10,14H,2-9H2,1H3,(H,15,16,17). The van der Waals surface area contributed by atoms with Gasteiger partial charge in [0.25, 0.3) is 0 Å². The van der Waals surface area contributed by atoms with Crippen LogP contribution in [-0.2, 0) is 5.41 Å². The average Bonchev–Trinajstić information content (AvgIpc) is 3.10. The number of rotatable bonds is 3. The zero-order valence-electron chi connectivity index (χ0n) is 10.6. The molecule has 3 rings (SSSR count). The maximum Gasteiger partial charge on any atom is 0.158 e. The molecule has 0 aromatic carbocycles. The molecule has 1 aliphatic heterocycles. The van der Waals surface area contributed by atoms with Gasteiger partial charge in [-0.15, -0.1) is 0 Å². The zero-order valence-corrected chi connectivity index (χ0v) is 10.6. The summed E-state index contributed by atoms with van der Waals surface area (Å²) in [6.07, 6.45) is 7.56. The molecule has 4 nitrogen and oxygen atoms in total. The molecule has 2 N–H and O–H groups in total. The van der Waals surface area contributed by atoms with Crippen LogP contribution in [0.25, 0.3) is 0 Å². The number of aromatic amines is 1. The summed E-state index contributed by atoms with van der Waals surface area (Å²) in [5.74, 6) is 2.82. The first kappa shape index (κ1) is 11.2. The molecule has 4 heteroatoms. The lowest BCUT2D eigenvalue weighted by Crippen LogP contribution is -2.29. The van der Waals surface area contributed by atoms with Gasteiger partial charge in [-0.3, -0.25) is 5.10 Å². The second kappa shape index (κ2) is 4.41. The third-order valence-electron chi connectivity index (χ3n) is 4.64. The van der Waals surface area contributed by atoms with Crippen LogP contribution < -0.4 is 5.32 Å². The summed E-state index contributed by atoms with van der Waals surface area (Å²) in [6, 6.07) is 0. The Labute approximate surface area is 103 Å². The van der Waals surface area contributed by atoms with E-state index in [1.54, 1.807) is 0 Å². The van der Waals surface area contributed by atoms with Gasteiger partial charge in [0.1, 0.15) is 5.82 Å². The van der Waals surface area contributed by atoms with Gasteiger partial charge in [-0.25, -0.2) is 4.98 Å². The predicted molar refractivity (Wildman–Crippen MR) is 67.0 cm³/mol.